The predicted octanol–water partition coefficient (Wildman–Crippen LogP) is -0.902. The number of rotatable bonds is 2. The average Bonchev–Trinajstić information content (AvgIpc) is 2.31. The molecule has 1 aliphatic rings. The lowest BCUT2D eigenvalue weighted by Gasteiger charge is -2.04. The maximum atomic E-state index is 10.6. The van der Waals surface area contributed by atoms with Crippen LogP contribution in [0.2, 0.25) is 0 Å². The summed E-state index contributed by atoms with van der Waals surface area (Å²) in [5.41, 5.74) is 0. The molecule has 54 valence electrons. The summed E-state index contributed by atoms with van der Waals surface area (Å²) in [6, 6.07) is 0.239. The van der Waals surface area contributed by atoms with Crippen LogP contribution >= 0.6 is 0 Å². The highest BCUT2D eigenvalue weighted by Gasteiger charge is 2.19. The largest absolute Gasteiger partial charge is 0.354 e. The molecule has 1 aliphatic heterocycles. The lowest BCUT2D eigenvalue weighted by Crippen LogP contribution is -2.30. The summed E-state index contributed by atoms with van der Waals surface area (Å²) in [5.74, 6) is 2.57. The van der Waals surface area contributed by atoms with Gasteiger partial charge in [0.05, 0.1) is 6.54 Å². The fourth-order valence-electron chi connectivity index (χ4n) is 0.953. The fraction of sp³-hybridized carbons (Fsp3) is 0.571. The molecule has 1 heterocycles. The first-order valence-electron chi connectivity index (χ1n) is 3.26. The zero-order valence-electron chi connectivity index (χ0n) is 5.68. The lowest BCUT2D eigenvalue weighted by molar-refractivity contribution is -0.119. The number of hydrogen-bond donors (Lipinski definition) is 2. The number of hydrogen-bond acceptors (Lipinski definition) is 2. The smallest absolute Gasteiger partial charge is 0.221 e. The molecule has 0 bridgehead atoms. The lowest BCUT2D eigenvalue weighted by atomic mass is 10.2. The summed E-state index contributed by atoms with van der Waals surface area (Å²) < 4.78 is 0. The maximum absolute atomic E-state index is 10.6. The molecule has 0 aromatic heterocycles. The molecular formula is C7H10N2O. The second kappa shape index (κ2) is 3.23. The van der Waals surface area contributed by atoms with Crippen LogP contribution in [0.5, 0.6) is 0 Å². The van der Waals surface area contributed by atoms with Gasteiger partial charge in [0, 0.05) is 19.0 Å². The molecule has 1 atom stereocenters. The van der Waals surface area contributed by atoms with Crippen LogP contribution < -0.4 is 10.6 Å². The van der Waals surface area contributed by atoms with Crippen molar-refractivity contribution < 1.29 is 4.79 Å². The molecule has 3 heteroatoms. The van der Waals surface area contributed by atoms with E-state index in [1.165, 1.54) is 0 Å². The summed E-state index contributed by atoms with van der Waals surface area (Å²) in [4.78, 5) is 10.6. The van der Waals surface area contributed by atoms with Crippen LogP contribution in [0, 0.1) is 12.3 Å². The van der Waals surface area contributed by atoms with Gasteiger partial charge < -0.3 is 10.6 Å². The standard InChI is InChI=1S/C7H10N2O/c1-2-3-8-6-4-7(10)9-5-6/h1,6,8H,3-5H2,(H,9,10). The fourth-order valence-corrected chi connectivity index (χ4v) is 0.953. The van der Waals surface area contributed by atoms with E-state index in [0.717, 1.165) is 0 Å². The Morgan fingerprint density at radius 3 is 3.20 bits per heavy atom. The molecule has 1 saturated heterocycles. The Bertz CT molecular complexity index is 171. The minimum absolute atomic E-state index is 0.106. The van der Waals surface area contributed by atoms with Gasteiger partial charge in [0.15, 0.2) is 0 Å². The van der Waals surface area contributed by atoms with Crippen LogP contribution in [0.25, 0.3) is 0 Å². The summed E-state index contributed by atoms with van der Waals surface area (Å²) >= 11 is 0. The van der Waals surface area contributed by atoms with Gasteiger partial charge in [0.2, 0.25) is 5.91 Å². The van der Waals surface area contributed by atoms with Gasteiger partial charge in [0.25, 0.3) is 0 Å². The van der Waals surface area contributed by atoms with Crippen molar-refractivity contribution in [3.8, 4) is 12.3 Å². The monoisotopic (exact) mass is 138 g/mol. The van der Waals surface area contributed by atoms with Crippen molar-refractivity contribution in [2.75, 3.05) is 13.1 Å². The van der Waals surface area contributed by atoms with Crippen molar-refractivity contribution in [3.05, 3.63) is 0 Å². The molecule has 0 spiro atoms. The highest BCUT2D eigenvalue weighted by molar-refractivity contribution is 5.78. The Hall–Kier alpha value is -1.01. The second-order valence-corrected chi connectivity index (χ2v) is 2.29. The van der Waals surface area contributed by atoms with Crippen molar-refractivity contribution in [1.29, 1.82) is 0 Å². The van der Waals surface area contributed by atoms with Gasteiger partial charge in [0.1, 0.15) is 0 Å². The van der Waals surface area contributed by atoms with E-state index in [1.54, 1.807) is 0 Å². The van der Waals surface area contributed by atoms with Gasteiger partial charge in [-0.05, 0) is 0 Å². The van der Waals surface area contributed by atoms with Crippen molar-refractivity contribution in [2.45, 2.75) is 12.5 Å². The van der Waals surface area contributed by atoms with Gasteiger partial charge in [-0.25, -0.2) is 0 Å². The quantitative estimate of drug-likeness (QED) is 0.485. The molecular weight excluding hydrogens is 128 g/mol. The van der Waals surface area contributed by atoms with E-state index < -0.39 is 0 Å². The van der Waals surface area contributed by atoms with E-state index >= 15 is 0 Å². The van der Waals surface area contributed by atoms with E-state index in [1.807, 2.05) is 0 Å². The summed E-state index contributed by atoms with van der Waals surface area (Å²) in [6.45, 7) is 1.25. The molecule has 1 rings (SSSR count). The normalized spacial score (nSPS) is 23.9. The molecule has 0 aliphatic carbocycles. The third-order valence-electron chi connectivity index (χ3n) is 1.47. The number of terminal acetylenes is 1. The Kier molecular flexibility index (Phi) is 2.30. The van der Waals surface area contributed by atoms with Crippen molar-refractivity contribution in [3.63, 3.8) is 0 Å². The van der Waals surface area contributed by atoms with Crippen molar-refractivity contribution >= 4 is 5.91 Å². The Balaban J connectivity index is 2.20. The van der Waals surface area contributed by atoms with Crippen LogP contribution in [0.1, 0.15) is 6.42 Å². The topological polar surface area (TPSA) is 41.1 Å². The minimum Gasteiger partial charge on any atom is -0.354 e. The van der Waals surface area contributed by atoms with E-state index in [4.69, 9.17) is 6.42 Å². The second-order valence-electron chi connectivity index (χ2n) is 2.29. The van der Waals surface area contributed by atoms with E-state index in [-0.39, 0.29) is 11.9 Å². The summed E-state index contributed by atoms with van der Waals surface area (Å²) in [7, 11) is 0. The Morgan fingerprint density at radius 1 is 1.90 bits per heavy atom. The van der Waals surface area contributed by atoms with Crippen LogP contribution in [-0.4, -0.2) is 25.0 Å². The highest BCUT2D eigenvalue weighted by atomic mass is 16.1. The Morgan fingerprint density at radius 2 is 2.70 bits per heavy atom. The molecule has 1 amide bonds. The molecule has 0 aromatic carbocycles. The van der Waals surface area contributed by atoms with Crippen LogP contribution in [0.3, 0.4) is 0 Å². The first-order valence-corrected chi connectivity index (χ1v) is 3.26. The number of carbonyl (C=O) groups is 1. The molecule has 0 radical (unpaired) electrons. The molecule has 3 nitrogen and oxygen atoms in total. The number of amides is 1. The van der Waals surface area contributed by atoms with Gasteiger partial charge in [-0.3, -0.25) is 4.79 Å². The zero-order chi connectivity index (χ0) is 7.40. The van der Waals surface area contributed by atoms with E-state index in [2.05, 4.69) is 16.6 Å². The first-order chi connectivity index (χ1) is 4.83. The number of nitrogens with one attached hydrogen (secondary N) is 2. The SMILES string of the molecule is C#CCNC1CNC(=O)C1. The van der Waals surface area contributed by atoms with Gasteiger partial charge in [-0.1, -0.05) is 5.92 Å². The molecule has 2 N–H and O–H groups in total. The third kappa shape index (κ3) is 1.74. The average molecular weight is 138 g/mol. The highest BCUT2D eigenvalue weighted by Crippen LogP contribution is 1.97. The number of carbonyl (C=O) groups excluding carboxylic acids is 1. The molecule has 0 saturated carbocycles. The van der Waals surface area contributed by atoms with Gasteiger partial charge in [-0.2, -0.15) is 0 Å². The molecule has 0 aromatic rings. The van der Waals surface area contributed by atoms with Crippen molar-refractivity contribution in [2.24, 2.45) is 0 Å². The van der Waals surface area contributed by atoms with E-state index in [9.17, 15) is 4.79 Å². The van der Waals surface area contributed by atoms with Crippen LogP contribution in [0.15, 0.2) is 0 Å². The van der Waals surface area contributed by atoms with E-state index in [0.29, 0.717) is 19.5 Å². The molecule has 10 heavy (non-hydrogen) atoms. The zero-order valence-corrected chi connectivity index (χ0v) is 5.68. The predicted molar refractivity (Wildman–Crippen MR) is 38.3 cm³/mol. The molecule has 1 unspecified atom stereocenters. The van der Waals surface area contributed by atoms with Crippen LogP contribution in [0.4, 0.5) is 0 Å². The molecule has 1 fully saturated rings. The summed E-state index contributed by atoms with van der Waals surface area (Å²) in [5, 5.41) is 5.75. The van der Waals surface area contributed by atoms with Gasteiger partial charge >= 0.3 is 0 Å². The van der Waals surface area contributed by atoms with Gasteiger partial charge in [-0.15, -0.1) is 6.42 Å². The van der Waals surface area contributed by atoms with Crippen LogP contribution in [-0.2, 0) is 4.79 Å². The summed E-state index contributed by atoms with van der Waals surface area (Å²) in [6.07, 6.45) is 5.58. The minimum atomic E-state index is 0.106. The first kappa shape index (κ1) is 7.10. The maximum Gasteiger partial charge on any atom is 0.221 e. The Labute approximate surface area is 60.2 Å². The third-order valence-corrected chi connectivity index (χ3v) is 1.47. The van der Waals surface area contributed by atoms with Crippen molar-refractivity contribution in [1.82, 2.24) is 10.6 Å².